The van der Waals surface area contributed by atoms with Crippen molar-refractivity contribution in [2.24, 2.45) is 0 Å². The molecule has 0 aliphatic carbocycles. The van der Waals surface area contributed by atoms with Gasteiger partial charge in [-0.15, -0.1) is 0 Å². The molecule has 0 saturated carbocycles. The summed E-state index contributed by atoms with van der Waals surface area (Å²) in [5, 5.41) is 0.147. The van der Waals surface area contributed by atoms with Crippen molar-refractivity contribution < 1.29 is 12.8 Å². The first-order chi connectivity index (χ1) is 11.9. The van der Waals surface area contributed by atoms with Gasteiger partial charge in [0.05, 0.1) is 22.2 Å². The molecule has 0 unspecified atom stereocenters. The molecule has 5 nitrogen and oxygen atoms in total. The van der Waals surface area contributed by atoms with Crippen LogP contribution in [0.4, 0.5) is 4.39 Å². The molecular weight excluding hydrogens is 388 g/mol. The minimum atomic E-state index is -3.86. The largest absolute Gasteiger partial charge is 0.250 e. The molecule has 0 radical (unpaired) electrons. The highest BCUT2D eigenvalue weighted by Crippen LogP contribution is 2.30. The summed E-state index contributed by atoms with van der Waals surface area (Å²) in [6.07, 6.45) is 1.52. The molecule has 0 fully saturated rings. The van der Waals surface area contributed by atoms with Gasteiger partial charge in [-0.05, 0) is 36.4 Å². The van der Waals surface area contributed by atoms with Crippen LogP contribution in [-0.2, 0) is 15.6 Å². The van der Waals surface area contributed by atoms with Crippen molar-refractivity contribution in [2.75, 3.05) is 0 Å². The molecule has 9 heteroatoms. The topological polar surface area (TPSA) is 72.8 Å². The molecule has 0 spiro atoms. The van der Waals surface area contributed by atoms with Gasteiger partial charge in [0, 0.05) is 11.8 Å². The number of hydrogen-bond donors (Lipinski definition) is 0. The number of halogens is 3. The first-order valence-corrected chi connectivity index (χ1v) is 9.39. The van der Waals surface area contributed by atoms with Crippen LogP contribution in [0.1, 0.15) is 5.69 Å². The lowest BCUT2D eigenvalue weighted by Gasteiger charge is -2.08. The Morgan fingerprint density at radius 1 is 1.00 bits per heavy atom. The Labute approximate surface area is 153 Å². The molecule has 3 aromatic rings. The zero-order chi connectivity index (χ0) is 18.0. The Balaban J connectivity index is 2.00. The van der Waals surface area contributed by atoms with Crippen LogP contribution in [0.5, 0.6) is 0 Å². The van der Waals surface area contributed by atoms with Crippen molar-refractivity contribution in [3.05, 3.63) is 70.5 Å². The molecule has 25 heavy (non-hydrogen) atoms. The number of hydrogen-bond acceptors (Lipinski definition) is 5. The number of sulfone groups is 1. The average molecular weight is 398 g/mol. The summed E-state index contributed by atoms with van der Waals surface area (Å²) < 4.78 is 38.0. The number of aromatic nitrogens is 3. The molecule has 0 amide bonds. The predicted octanol–water partition coefficient (Wildman–Crippen LogP) is 3.96. The number of rotatable bonds is 4. The van der Waals surface area contributed by atoms with E-state index in [0.717, 1.165) is 6.07 Å². The van der Waals surface area contributed by atoms with E-state index in [-0.39, 0.29) is 15.9 Å². The van der Waals surface area contributed by atoms with Crippen LogP contribution in [0.15, 0.2) is 53.7 Å². The maximum Gasteiger partial charge on any atom is 0.214 e. The predicted molar refractivity (Wildman–Crippen MR) is 92.6 cm³/mol. The van der Waals surface area contributed by atoms with Gasteiger partial charge in [-0.25, -0.2) is 18.4 Å². The fourth-order valence-corrected chi connectivity index (χ4v) is 3.77. The third-order valence-corrected chi connectivity index (χ3v) is 5.41. The van der Waals surface area contributed by atoms with Crippen molar-refractivity contribution in [1.29, 1.82) is 0 Å². The molecule has 0 saturated heterocycles. The van der Waals surface area contributed by atoms with Gasteiger partial charge >= 0.3 is 0 Å². The van der Waals surface area contributed by atoms with Crippen LogP contribution in [0.25, 0.3) is 11.3 Å². The van der Waals surface area contributed by atoms with Gasteiger partial charge in [0.2, 0.25) is 15.8 Å². The maximum atomic E-state index is 13.2. The number of nitrogens with zero attached hydrogens (tertiary/aromatic N) is 3. The molecule has 3 aromatic heterocycles. The standard InChI is InChI=1S/C16H10Cl2FN3O2S/c17-12-7-6-10(21-15(12)11-3-2-8-20-16(11)18)9-25(23,24)14-5-1-4-13(19)22-14/h1-8H,9H2. The van der Waals surface area contributed by atoms with Gasteiger partial charge in [0.15, 0.2) is 5.03 Å². The highest BCUT2D eigenvalue weighted by molar-refractivity contribution is 7.90. The van der Waals surface area contributed by atoms with E-state index in [0.29, 0.717) is 16.3 Å². The fraction of sp³-hybridized carbons (Fsp3) is 0.0625. The van der Waals surface area contributed by atoms with Crippen molar-refractivity contribution in [3.8, 4) is 11.3 Å². The van der Waals surface area contributed by atoms with E-state index in [1.54, 1.807) is 12.1 Å². The zero-order valence-electron chi connectivity index (χ0n) is 12.5. The van der Waals surface area contributed by atoms with Crippen LogP contribution < -0.4 is 0 Å². The van der Waals surface area contributed by atoms with Crippen molar-refractivity contribution in [1.82, 2.24) is 15.0 Å². The molecule has 0 atom stereocenters. The number of pyridine rings is 3. The van der Waals surface area contributed by atoms with E-state index < -0.39 is 21.5 Å². The molecule has 0 aromatic carbocycles. The van der Waals surface area contributed by atoms with Gasteiger partial charge in [-0.2, -0.15) is 4.39 Å². The van der Waals surface area contributed by atoms with E-state index in [9.17, 15) is 12.8 Å². The lowest BCUT2D eigenvalue weighted by molar-refractivity contribution is 0.556. The molecule has 128 valence electrons. The summed E-state index contributed by atoms with van der Waals surface area (Å²) >= 11 is 12.2. The summed E-state index contributed by atoms with van der Waals surface area (Å²) in [5.74, 6) is -1.32. The second-order valence-electron chi connectivity index (χ2n) is 5.03. The van der Waals surface area contributed by atoms with Crippen LogP contribution in [-0.4, -0.2) is 23.4 Å². The third kappa shape index (κ3) is 3.95. The summed E-state index contributed by atoms with van der Waals surface area (Å²) in [5.41, 5.74) is 1.03. The lowest BCUT2D eigenvalue weighted by atomic mass is 10.2. The van der Waals surface area contributed by atoms with E-state index in [2.05, 4.69) is 15.0 Å². The Morgan fingerprint density at radius 2 is 1.80 bits per heavy atom. The molecule has 0 aliphatic heterocycles. The smallest absolute Gasteiger partial charge is 0.214 e. The average Bonchev–Trinajstić information content (AvgIpc) is 2.57. The second kappa shape index (κ2) is 7.03. The quantitative estimate of drug-likeness (QED) is 0.622. The van der Waals surface area contributed by atoms with Gasteiger partial charge < -0.3 is 0 Å². The van der Waals surface area contributed by atoms with Gasteiger partial charge in [-0.1, -0.05) is 29.3 Å². The highest BCUT2D eigenvalue weighted by atomic mass is 35.5. The maximum absolute atomic E-state index is 13.2. The second-order valence-corrected chi connectivity index (χ2v) is 7.73. The molecule has 3 heterocycles. The minimum absolute atomic E-state index is 0.198. The van der Waals surface area contributed by atoms with Crippen LogP contribution in [0.2, 0.25) is 10.2 Å². The van der Waals surface area contributed by atoms with Gasteiger partial charge in [-0.3, -0.25) is 4.98 Å². The van der Waals surface area contributed by atoms with Crippen molar-refractivity contribution in [2.45, 2.75) is 10.8 Å². The summed E-state index contributed by atoms with van der Waals surface area (Å²) in [7, 11) is -3.86. The molecular formula is C16H10Cl2FN3O2S. The molecule has 0 aliphatic rings. The Kier molecular flexibility index (Phi) is 4.99. The van der Waals surface area contributed by atoms with E-state index in [1.165, 1.54) is 30.5 Å². The first kappa shape index (κ1) is 17.7. The Morgan fingerprint density at radius 3 is 2.52 bits per heavy atom. The summed E-state index contributed by atoms with van der Waals surface area (Å²) in [6.45, 7) is 0. The fourth-order valence-electron chi connectivity index (χ4n) is 2.15. The molecule has 0 bridgehead atoms. The van der Waals surface area contributed by atoms with E-state index in [1.807, 2.05) is 0 Å². The summed E-state index contributed by atoms with van der Waals surface area (Å²) in [4.78, 5) is 11.6. The molecule has 0 N–H and O–H groups in total. The van der Waals surface area contributed by atoms with Crippen LogP contribution >= 0.6 is 23.2 Å². The molecule has 3 rings (SSSR count). The summed E-state index contributed by atoms with van der Waals surface area (Å²) in [6, 6.07) is 9.93. The van der Waals surface area contributed by atoms with Crippen LogP contribution in [0.3, 0.4) is 0 Å². The normalized spacial score (nSPS) is 11.5. The minimum Gasteiger partial charge on any atom is -0.250 e. The van der Waals surface area contributed by atoms with Crippen LogP contribution in [0, 0.1) is 5.95 Å². The Bertz CT molecular complexity index is 1050. The monoisotopic (exact) mass is 397 g/mol. The first-order valence-electron chi connectivity index (χ1n) is 6.98. The van der Waals surface area contributed by atoms with E-state index >= 15 is 0 Å². The van der Waals surface area contributed by atoms with Gasteiger partial charge in [0.1, 0.15) is 5.15 Å². The zero-order valence-corrected chi connectivity index (χ0v) is 14.9. The van der Waals surface area contributed by atoms with Crippen molar-refractivity contribution >= 4 is 33.0 Å². The highest BCUT2D eigenvalue weighted by Gasteiger charge is 2.20. The van der Waals surface area contributed by atoms with Gasteiger partial charge in [0.25, 0.3) is 0 Å². The van der Waals surface area contributed by atoms with Crippen molar-refractivity contribution in [3.63, 3.8) is 0 Å². The third-order valence-electron chi connectivity index (χ3n) is 3.26. The SMILES string of the molecule is O=S(=O)(Cc1ccc(Cl)c(-c2cccnc2Cl)n1)c1cccc(F)n1. The Hall–Kier alpha value is -2.09. The van der Waals surface area contributed by atoms with E-state index in [4.69, 9.17) is 23.2 Å². The lowest BCUT2D eigenvalue weighted by Crippen LogP contribution is -2.09.